The summed E-state index contributed by atoms with van der Waals surface area (Å²) in [7, 11) is 0. The number of alkyl carbamates (subject to hydrolysis) is 1. The first kappa shape index (κ1) is 15.7. The number of carboxylic acid groups (broad SMARTS) is 1. The van der Waals surface area contributed by atoms with Gasteiger partial charge in [0.2, 0.25) is 0 Å². The molecule has 1 amide bonds. The van der Waals surface area contributed by atoms with Crippen molar-refractivity contribution in [3.05, 3.63) is 0 Å². The first-order valence-corrected chi connectivity index (χ1v) is 6.00. The van der Waals surface area contributed by atoms with Crippen molar-refractivity contribution >= 4 is 12.1 Å². The number of carbonyl (C=O) groups is 2. The quantitative estimate of drug-likeness (QED) is 0.784. The van der Waals surface area contributed by atoms with E-state index in [1.54, 1.807) is 20.8 Å². The molecule has 1 aliphatic carbocycles. The van der Waals surface area contributed by atoms with E-state index in [-0.39, 0.29) is 0 Å². The van der Waals surface area contributed by atoms with Crippen molar-refractivity contribution in [1.29, 1.82) is 0 Å². The van der Waals surface area contributed by atoms with Crippen molar-refractivity contribution in [3.8, 4) is 0 Å². The van der Waals surface area contributed by atoms with Gasteiger partial charge in [-0.05, 0) is 20.8 Å². The summed E-state index contributed by atoms with van der Waals surface area (Å²) in [6.07, 6.45) is 6.78. The zero-order chi connectivity index (χ0) is 13.3. The molecule has 0 aromatic carbocycles. The van der Waals surface area contributed by atoms with Crippen molar-refractivity contribution in [2.24, 2.45) is 0 Å². The van der Waals surface area contributed by atoms with E-state index in [2.05, 4.69) is 5.32 Å². The Morgan fingerprint density at radius 2 is 1.53 bits per heavy atom. The lowest BCUT2D eigenvalue weighted by Crippen LogP contribution is -2.35. The summed E-state index contributed by atoms with van der Waals surface area (Å²) in [4.78, 5) is 20.8. The Labute approximate surface area is 103 Å². The van der Waals surface area contributed by atoms with E-state index in [9.17, 15) is 9.59 Å². The molecule has 100 valence electrons. The van der Waals surface area contributed by atoms with Crippen LogP contribution in [0.25, 0.3) is 0 Å². The molecule has 0 heterocycles. The van der Waals surface area contributed by atoms with Crippen LogP contribution in [0.3, 0.4) is 0 Å². The molecule has 1 rings (SSSR count). The minimum atomic E-state index is -1.10. The molecule has 0 unspecified atom stereocenters. The van der Waals surface area contributed by atoms with Gasteiger partial charge in [0.1, 0.15) is 12.1 Å². The molecule has 0 bridgehead atoms. The maximum absolute atomic E-state index is 10.8. The topological polar surface area (TPSA) is 75.6 Å². The van der Waals surface area contributed by atoms with Gasteiger partial charge in [-0.2, -0.15) is 0 Å². The fourth-order valence-electron chi connectivity index (χ4n) is 1.35. The van der Waals surface area contributed by atoms with Crippen LogP contribution in [0.2, 0.25) is 0 Å². The zero-order valence-electron chi connectivity index (χ0n) is 10.9. The molecule has 0 spiro atoms. The van der Waals surface area contributed by atoms with Crippen LogP contribution in [0.1, 0.15) is 52.9 Å². The number of carboxylic acids is 1. The Morgan fingerprint density at radius 3 is 1.82 bits per heavy atom. The second-order valence-electron chi connectivity index (χ2n) is 5.02. The van der Waals surface area contributed by atoms with E-state index >= 15 is 0 Å². The molecule has 2 N–H and O–H groups in total. The van der Waals surface area contributed by atoms with Crippen molar-refractivity contribution < 1.29 is 19.4 Å². The van der Waals surface area contributed by atoms with Crippen molar-refractivity contribution in [3.63, 3.8) is 0 Å². The van der Waals surface area contributed by atoms with E-state index in [1.165, 1.54) is 32.1 Å². The van der Waals surface area contributed by atoms with Gasteiger partial charge in [0.15, 0.2) is 0 Å². The zero-order valence-corrected chi connectivity index (χ0v) is 10.9. The predicted octanol–water partition coefficient (Wildman–Crippen LogP) is 2.55. The number of hydrogen-bond acceptors (Lipinski definition) is 3. The molecule has 0 aromatic rings. The van der Waals surface area contributed by atoms with E-state index in [4.69, 9.17) is 9.84 Å². The molecule has 0 radical (unpaired) electrons. The number of hydrogen-bond donors (Lipinski definition) is 2. The third-order valence-electron chi connectivity index (χ3n) is 2.03. The van der Waals surface area contributed by atoms with Gasteiger partial charge in [-0.25, -0.2) is 4.79 Å². The summed E-state index contributed by atoms with van der Waals surface area (Å²) in [6, 6.07) is 0. The maximum Gasteiger partial charge on any atom is 0.408 e. The Bertz CT molecular complexity index is 234. The SMILES string of the molecule is C1CCCC1.CC(C)(C)OC(=O)NCC(=O)O. The monoisotopic (exact) mass is 245 g/mol. The highest BCUT2D eigenvalue weighted by Gasteiger charge is 2.16. The van der Waals surface area contributed by atoms with Crippen molar-refractivity contribution in [1.82, 2.24) is 5.32 Å². The second-order valence-corrected chi connectivity index (χ2v) is 5.02. The Kier molecular flexibility index (Phi) is 7.34. The molecule has 5 heteroatoms. The average Bonchev–Trinajstić information content (AvgIpc) is 2.69. The van der Waals surface area contributed by atoms with Crippen molar-refractivity contribution in [2.75, 3.05) is 6.54 Å². The van der Waals surface area contributed by atoms with Gasteiger partial charge >= 0.3 is 12.1 Å². The molecule has 0 aliphatic heterocycles. The smallest absolute Gasteiger partial charge is 0.408 e. The normalized spacial score (nSPS) is 14.5. The summed E-state index contributed by atoms with van der Waals surface area (Å²) in [6.45, 7) is 4.68. The molecule has 0 aromatic heterocycles. The fraction of sp³-hybridized carbons (Fsp3) is 0.833. The van der Waals surface area contributed by atoms with Gasteiger partial charge in [0, 0.05) is 0 Å². The van der Waals surface area contributed by atoms with Gasteiger partial charge in [-0.15, -0.1) is 0 Å². The number of ether oxygens (including phenoxy) is 1. The summed E-state index contributed by atoms with van der Waals surface area (Å²) in [5.41, 5.74) is -0.595. The molecular weight excluding hydrogens is 222 g/mol. The minimum Gasteiger partial charge on any atom is -0.480 e. The summed E-state index contributed by atoms with van der Waals surface area (Å²) in [5.74, 6) is -1.10. The molecule has 0 saturated heterocycles. The summed E-state index contributed by atoms with van der Waals surface area (Å²) >= 11 is 0. The van der Waals surface area contributed by atoms with Crippen LogP contribution in [0.15, 0.2) is 0 Å². The predicted molar refractivity (Wildman–Crippen MR) is 65.0 cm³/mol. The highest BCUT2D eigenvalue weighted by atomic mass is 16.6. The lowest BCUT2D eigenvalue weighted by Gasteiger charge is -2.19. The summed E-state index contributed by atoms with van der Waals surface area (Å²) in [5, 5.41) is 10.3. The van der Waals surface area contributed by atoms with Crippen molar-refractivity contribution in [2.45, 2.75) is 58.5 Å². The number of aliphatic carboxylic acids is 1. The lowest BCUT2D eigenvalue weighted by molar-refractivity contribution is -0.136. The van der Waals surface area contributed by atoms with Crippen LogP contribution in [0.5, 0.6) is 0 Å². The fourth-order valence-corrected chi connectivity index (χ4v) is 1.35. The van der Waals surface area contributed by atoms with Crippen LogP contribution in [0.4, 0.5) is 4.79 Å². The van der Waals surface area contributed by atoms with E-state index in [0.717, 1.165) is 0 Å². The lowest BCUT2D eigenvalue weighted by atomic mass is 10.2. The third kappa shape index (κ3) is 12.7. The van der Waals surface area contributed by atoms with Gasteiger partial charge < -0.3 is 15.2 Å². The average molecular weight is 245 g/mol. The third-order valence-corrected chi connectivity index (χ3v) is 2.03. The Hall–Kier alpha value is -1.26. The number of amides is 1. The van der Waals surface area contributed by atoms with Crippen LogP contribution >= 0.6 is 0 Å². The van der Waals surface area contributed by atoms with Crippen LogP contribution in [-0.2, 0) is 9.53 Å². The van der Waals surface area contributed by atoms with Gasteiger partial charge in [0.05, 0.1) is 0 Å². The van der Waals surface area contributed by atoms with Crippen LogP contribution in [-0.4, -0.2) is 29.3 Å². The first-order valence-electron chi connectivity index (χ1n) is 6.00. The molecule has 5 nitrogen and oxygen atoms in total. The minimum absolute atomic E-state index is 0.422. The second kappa shape index (κ2) is 7.92. The number of nitrogens with one attached hydrogen (secondary N) is 1. The molecule has 0 atom stereocenters. The number of rotatable bonds is 2. The van der Waals surface area contributed by atoms with Crippen LogP contribution in [0, 0.1) is 0 Å². The molecule has 1 fully saturated rings. The van der Waals surface area contributed by atoms with Gasteiger partial charge in [0.25, 0.3) is 0 Å². The largest absolute Gasteiger partial charge is 0.480 e. The highest BCUT2D eigenvalue weighted by Crippen LogP contribution is 2.15. The maximum atomic E-state index is 10.8. The van der Waals surface area contributed by atoms with E-state index in [0.29, 0.717) is 0 Å². The molecule has 17 heavy (non-hydrogen) atoms. The molecular formula is C12H23NO4. The molecule has 1 aliphatic rings. The number of carbonyl (C=O) groups excluding carboxylic acids is 1. The Morgan fingerprint density at radius 1 is 1.12 bits per heavy atom. The van der Waals surface area contributed by atoms with E-state index in [1.807, 2.05) is 0 Å². The van der Waals surface area contributed by atoms with Gasteiger partial charge in [-0.3, -0.25) is 4.79 Å². The first-order chi connectivity index (χ1) is 7.81. The summed E-state index contributed by atoms with van der Waals surface area (Å²) < 4.78 is 4.77. The highest BCUT2D eigenvalue weighted by molar-refractivity contribution is 5.76. The van der Waals surface area contributed by atoms with E-state index < -0.39 is 24.2 Å². The Balaban J connectivity index is 0.000000419. The van der Waals surface area contributed by atoms with Gasteiger partial charge in [-0.1, -0.05) is 32.1 Å². The van der Waals surface area contributed by atoms with Crippen LogP contribution < -0.4 is 5.32 Å². The standard InChI is InChI=1S/C7H13NO4.C5H10/c1-7(2,3)12-6(11)8-4-5(9)10;1-2-4-5-3-1/h4H2,1-3H3,(H,8,11)(H,9,10);1-5H2. The molecule has 1 saturated carbocycles.